The van der Waals surface area contributed by atoms with E-state index in [-0.39, 0.29) is 5.56 Å². The Morgan fingerprint density at radius 3 is 2.44 bits per heavy atom. The van der Waals surface area contributed by atoms with E-state index >= 15 is 0 Å². The maximum Gasteiger partial charge on any atom is 0.337 e. The number of aromatic carboxylic acids is 1. The number of hydrogen-bond donors (Lipinski definition) is 4. The van der Waals surface area contributed by atoms with Crippen LogP contribution in [0.5, 0.6) is 0 Å². The number of benzene rings is 3. The maximum atomic E-state index is 11.8. The molecule has 162 valence electrons. The molecule has 0 unspecified atom stereocenters. The summed E-state index contributed by atoms with van der Waals surface area (Å²) in [5, 5.41) is 17.8. The van der Waals surface area contributed by atoms with Crippen molar-refractivity contribution in [3.05, 3.63) is 95.1 Å². The number of nitrogens with one attached hydrogen (secondary N) is 1. The zero-order chi connectivity index (χ0) is 22.7. The molecule has 7 heteroatoms. The summed E-state index contributed by atoms with van der Waals surface area (Å²) in [6.07, 6.45) is 0. The second kappa shape index (κ2) is 9.05. The van der Waals surface area contributed by atoms with Crippen molar-refractivity contribution in [1.29, 1.82) is 0 Å². The van der Waals surface area contributed by atoms with Gasteiger partial charge in [0, 0.05) is 24.7 Å². The van der Waals surface area contributed by atoms with Crippen molar-refractivity contribution in [2.45, 2.75) is 20.0 Å². The van der Waals surface area contributed by atoms with E-state index in [0.29, 0.717) is 24.6 Å². The van der Waals surface area contributed by atoms with E-state index in [1.54, 1.807) is 16.8 Å². The number of rotatable bonds is 7. The number of nitrogens with two attached hydrogens (primary N) is 2. The average Bonchev–Trinajstić information content (AvgIpc) is 3.22. The van der Waals surface area contributed by atoms with Gasteiger partial charge in [-0.3, -0.25) is 0 Å². The second-order valence-corrected chi connectivity index (χ2v) is 7.54. The monoisotopic (exact) mass is 427 g/mol. The molecule has 0 aliphatic rings. The highest BCUT2D eigenvalue weighted by molar-refractivity contribution is 5.95. The molecule has 4 aromatic rings. The van der Waals surface area contributed by atoms with E-state index in [1.807, 2.05) is 67.6 Å². The number of aromatic nitrogens is 2. The van der Waals surface area contributed by atoms with Crippen LogP contribution in [-0.2, 0) is 13.1 Å². The van der Waals surface area contributed by atoms with Crippen LogP contribution in [0.2, 0.25) is 0 Å². The van der Waals surface area contributed by atoms with Gasteiger partial charge in [0.05, 0.1) is 22.6 Å². The summed E-state index contributed by atoms with van der Waals surface area (Å²) in [7, 11) is 0. The lowest BCUT2D eigenvalue weighted by Crippen LogP contribution is -2.09. The van der Waals surface area contributed by atoms with Crippen molar-refractivity contribution < 1.29 is 9.90 Å². The molecule has 0 saturated heterocycles. The van der Waals surface area contributed by atoms with Crippen LogP contribution in [0, 0.1) is 6.92 Å². The second-order valence-electron chi connectivity index (χ2n) is 7.54. The summed E-state index contributed by atoms with van der Waals surface area (Å²) in [4.78, 5) is 11.8. The number of para-hydroxylation sites is 1. The summed E-state index contributed by atoms with van der Waals surface area (Å²) in [5.41, 5.74) is 17.8. The third-order valence-corrected chi connectivity index (χ3v) is 5.30. The first-order chi connectivity index (χ1) is 15.5. The fraction of sp³-hybridized carbons (Fsp3) is 0.120. The smallest absolute Gasteiger partial charge is 0.337 e. The molecule has 6 N–H and O–H groups in total. The quantitative estimate of drug-likeness (QED) is 0.351. The lowest BCUT2D eigenvalue weighted by molar-refractivity contribution is 0.0698. The topological polar surface area (TPSA) is 119 Å². The molecule has 0 fully saturated rings. The number of carboxylic acid groups (broad SMARTS) is 1. The van der Waals surface area contributed by atoms with Crippen LogP contribution in [-0.4, -0.2) is 20.9 Å². The van der Waals surface area contributed by atoms with Crippen molar-refractivity contribution in [3.63, 3.8) is 0 Å². The van der Waals surface area contributed by atoms with Crippen LogP contribution in [0.4, 0.5) is 11.5 Å². The first-order valence-electron chi connectivity index (χ1n) is 10.3. The van der Waals surface area contributed by atoms with Crippen molar-refractivity contribution >= 4 is 17.5 Å². The number of nitrogens with zero attached hydrogens (tertiary/aromatic N) is 2. The van der Waals surface area contributed by atoms with E-state index in [1.165, 1.54) is 0 Å². The van der Waals surface area contributed by atoms with Crippen LogP contribution >= 0.6 is 0 Å². The van der Waals surface area contributed by atoms with Gasteiger partial charge >= 0.3 is 5.97 Å². The minimum atomic E-state index is -1.00. The van der Waals surface area contributed by atoms with Crippen molar-refractivity contribution in [2.75, 3.05) is 5.32 Å². The molecule has 1 aromatic heterocycles. The first-order valence-corrected chi connectivity index (χ1v) is 10.3. The Morgan fingerprint density at radius 2 is 1.75 bits per heavy atom. The van der Waals surface area contributed by atoms with Gasteiger partial charge in [-0.25, -0.2) is 9.48 Å². The zero-order valence-corrected chi connectivity index (χ0v) is 17.7. The standard InChI is InChI=1S/C25H25N5O2/c1-16-6-11-20(25(31)32)22(12-16)28-24-13-21(18-9-7-17(14-26)8-10-18)29-30(24)23-5-3-2-4-19(23)15-27/h2-13,28H,14-15,26-27H2,1H3,(H,31,32). The van der Waals surface area contributed by atoms with Gasteiger partial charge < -0.3 is 21.9 Å². The van der Waals surface area contributed by atoms with Crippen LogP contribution in [0.3, 0.4) is 0 Å². The fourth-order valence-corrected chi connectivity index (χ4v) is 3.58. The molecule has 0 aliphatic heterocycles. The SMILES string of the molecule is Cc1ccc(C(=O)O)c(Nc2cc(-c3ccc(CN)cc3)nn2-c2ccccc2CN)c1. The van der Waals surface area contributed by atoms with Gasteiger partial charge in [-0.1, -0.05) is 48.5 Å². The highest BCUT2D eigenvalue weighted by atomic mass is 16.4. The average molecular weight is 428 g/mol. The third-order valence-electron chi connectivity index (χ3n) is 5.30. The predicted octanol–water partition coefficient (Wildman–Crippen LogP) is 4.21. The van der Waals surface area contributed by atoms with Crippen LogP contribution in [0.25, 0.3) is 16.9 Å². The van der Waals surface area contributed by atoms with E-state index in [0.717, 1.165) is 33.6 Å². The molecule has 7 nitrogen and oxygen atoms in total. The van der Waals surface area contributed by atoms with Gasteiger partial charge in [-0.2, -0.15) is 5.10 Å². The van der Waals surface area contributed by atoms with Crippen molar-refractivity contribution in [3.8, 4) is 16.9 Å². The Kier molecular flexibility index (Phi) is 6.02. The molecule has 32 heavy (non-hydrogen) atoms. The number of carbonyl (C=O) groups is 1. The normalized spacial score (nSPS) is 10.8. The van der Waals surface area contributed by atoms with Gasteiger partial charge in [0.25, 0.3) is 0 Å². The van der Waals surface area contributed by atoms with Gasteiger partial charge in [0.15, 0.2) is 0 Å². The number of anilines is 2. The number of hydrogen-bond acceptors (Lipinski definition) is 5. The van der Waals surface area contributed by atoms with Gasteiger partial charge in [-0.05, 0) is 41.8 Å². The summed E-state index contributed by atoms with van der Waals surface area (Å²) >= 11 is 0. The lowest BCUT2D eigenvalue weighted by atomic mass is 10.1. The Labute approximate surface area is 186 Å². The van der Waals surface area contributed by atoms with E-state index < -0.39 is 5.97 Å². The Balaban J connectivity index is 1.86. The molecular formula is C25H25N5O2. The minimum Gasteiger partial charge on any atom is -0.478 e. The molecule has 0 aliphatic carbocycles. The molecule has 3 aromatic carbocycles. The Bertz CT molecular complexity index is 1260. The van der Waals surface area contributed by atoms with E-state index in [2.05, 4.69) is 5.32 Å². The van der Waals surface area contributed by atoms with Gasteiger partial charge in [0.2, 0.25) is 0 Å². The highest BCUT2D eigenvalue weighted by Crippen LogP contribution is 2.30. The van der Waals surface area contributed by atoms with Crippen LogP contribution < -0.4 is 16.8 Å². The Morgan fingerprint density at radius 1 is 1.00 bits per heavy atom. The molecule has 4 rings (SSSR count). The first kappa shape index (κ1) is 21.3. The third kappa shape index (κ3) is 4.25. The summed E-state index contributed by atoms with van der Waals surface area (Å²) in [6, 6.07) is 22.7. The van der Waals surface area contributed by atoms with E-state index in [9.17, 15) is 9.90 Å². The molecule has 0 saturated carbocycles. The highest BCUT2D eigenvalue weighted by Gasteiger charge is 2.17. The molecule has 0 radical (unpaired) electrons. The molecule has 0 spiro atoms. The minimum absolute atomic E-state index is 0.185. The number of carboxylic acids is 1. The summed E-state index contributed by atoms with van der Waals surface area (Å²) in [5.74, 6) is -0.365. The van der Waals surface area contributed by atoms with Crippen LogP contribution in [0.1, 0.15) is 27.0 Å². The van der Waals surface area contributed by atoms with E-state index in [4.69, 9.17) is 16.6 Å². The molecule has 0 amide bonds. The predicted molar refractivity (Wildman–Crippen MR) is 126 cm³/mol. The number of aryl methyl sites for hydroxylation is 1. The molecular weight excluding hydrogens is 402 g/mol. The Hall–Kier alpha value is -3.94. The largest absolute Gasteiger partial charge is 0.478 e. The molecule has 1 heterocycles. The molecule has 0 atom stereocenters. The molecule has 0 bridgehead atoms. The fourth-order valence-electron chi connectivity index (χ4n) is 3.58. The summed E-state index contributed by atoms with van der Waals surface area (Å²) < 4.78 is 1.77. The maximum absolute atomic E-state index is 11.8. The van der Waals surface area contributed by atoms with Gasteiger partial charge in [-0.15, -0.1) is 0 Å². The summed E-state index contributed by atoms with van der Waals surface area (Å²) in [6.45, 7) is 2.74. The van der Waals surface area contributed by atoms with Crippen LogP contribution in [0.15, 0.2) is 72.8 Å². The lowest BCUT2D eigenvalue weighted by Gasteiger charge is -2.14. The zero-order valence-electron chi connectivity index (χ0n) is 17.7. The van der Waals surface area contributed by atoms with Crippen molar-refractivity contribution in [2.24, 2.45) is 11.5 Å². The van der Waals surface area contributed by atoms with Gasteiger partial charge in [0.1, 0.15) is 5.82 Å². The van der Waals surface area contributed by atoms with Crippen molar-refractivity contribution in [1.82, 2.24) is 9.78 Å².